The largest absolute Gasteiger partial charge is 0.490 e. The molecule has 0 spiro atoms. The van der Waals surface area contributed by atoms with Gasteiger partial charge in [0.1, 0.15) is 6.61 Å². The fraction of sp³-hybridized carbons (Fsp3) is 0.125. The van der Waals surface area contributed by atoms with Gasteiger partial charge in [-0.05, 0) is 41.8 Å². The minimum Gasteiger partial charge on any atom is -0.490 e. The van der Waals surface area contributed by atoms with Gasteiger partial charge in [-0.1, -0.05) is 54.1 Å². The maximum Gasteiger partial charge on any atom is 0.270 e. The highest BCUT2D eigenvalue weighted by atomic mass is 35.5. The predicted molar refractivity (Wildman–Crippen MR) is 120 cm³/mol. The Morgan fingerprint density at radius 1 is 1.13 bits per heavy atom. The van der Waals surface area contributed by atoms with Gasteiger partial charge in [0, 0.05) is 12.1 Å². The number of nitriles is 1. The SMILES string of the molecule is CCOc1cc(C=C(C#N)c2cccc([N+](=O)[O-])c2)cc(Cl)c1OCc1ccccc1. The fourth-order valence-electron chi connectivity index (χ4n) is 2.94. The lowest BCUT2D eigenvalue weighted by atomic mass is 10.0. The summed E-state index contributed by atoms with van der Waals surface area (Å²) in [6.45, 7) is 2.58. The summed E-state index contributed by atoms with van der Waals surface area (Å²) < 4.78 is 11.6. The van der Waals surface area contributed by atoms with Crippen LogP contribution in [-0.4, -0.2) is 11.5 Å². The topological polar surface area (TPSA) is 85.4 Å². The summed E-state index contributed by atoms with van der Waals surface area (Å²) in [5, 5.41) is 21.0. The van der Waals surface area contributed by atoms with Crippen LogP contribution in [0.2, 0.25) is 5.02 Å². The normalized spacial score (nSPS) is 10.9. The van der Waals surface area contributed by atoms with Gasteiger partial charge in [-0.2, -0.15) is 5.26 Å². The average Bonchev–Trinajstić information content (AvgIpc) is 2.78. The van der Waals surface area contributed by atoms with Crippen molar-refractivity contribution in [3.8, 4) is 17.6 Å². The van der Waals surface area contributed by atoms with Gasteiger partial charge in [0.2, 0.25) is 0 Å². The Morgan fingerprint density at radius 3 is 2.58 bits per heavy atom. The van der Waals surface area contributed by atoms with Crippen LogP contribution < -0.4 is 9.47 Å². The molecule has 0 fully saturated rings. The van der Waals surface area contributed by atoms with Crippen molar-refractivity contribution in [2.24, 2.45) is 0 Å². The third-order valence-corrected chi connectivity index (χ3v) is 4.64. The highest BCUT2D eigenvalue weighted by molar-refractivity contribution is 6.32. The van der Waals surface area contributed by atoms with Gasteiger partial charge in [-0.25, -0.2) is 0 Å². The molecule has 6 nitrogen and oxygen atoms in total. The number of allylic oxidation sites excluding steroid dienone is 1. The molecule has 0 unspecified atom stereocenters. The number of nitro groups is 1. The first-order valence-corrected chi connectivity index (χ1v) is 9.89. The van der Waals surface area contributed by atoms with E-state index in [4.69, 9.17) is 21.1 Å². The zero-order chi connectivity index (χ0) is 22.2. The second-order valence-corrected chi connectivity index (χ2v) is 6.92. The molecule has 0 atom stereocenters. The summed E-state index contributed by atoms with van der Waals surface area (Å²) in [6, 6.07) is 21.1. The van der Waals surface area contributed by atoms with E-state index in [1.54, 1.807) is 24.3 Å². The third kappa shape index (κ3) is 5.62. The molecule has 0 N–H and O–H groups in total. The summed E-state index contributed by atoms with van der Waals surface area (Å²) >= 11 is 6.47. The van der Waals surface area contributed by atoms with Gasteiger partial charge in [-0.15, -0.1) is 0 Å². The molecule has 3 aromatic rings. The lowest BCUT2D eigenvalue weighted by Gasteiger charge is -2.15. The Kier molecular flexibility index (Phi) is 7.26. The van der Waals surface area contributed by atoms with Gasteiger partial charge in [-0.3, -0.25) is 10.1 Å². The molecule has 0 radical (unpaired) electrons. The molecule has 31 heavy (non-hydrogen) atoms. The maximum atomic E-state index is 11.0. The number of hydrogen-bond donors (Lipinski definition) is 0. The Bertz CT molecular complexity index is 1150. The minimum atomic E-state index is -0.499. The molecular weight excluding hydrogens is 416 g/mol. The van der Waals surface area contributed by atoms with Gasteiger partial charge in [0.25, 0.3) is 5.69 Å². The minimum absolute atomic E-state index is 0.0867. The van der Waals surface area contributed by atoms with Crippen molar-refractivity contribution in [1.29, 1.82) is 5.26 Å². The van der Waals surface area contributed by atoms with E-state index in [9.17, 15) is 15.4 Å². The number of benzene rings is 3. The summed E-state index contributed by atoms with van der Waals surface area (Å²) in [7, 11) is 0. The number of hydrogen-bond acceptors (Lipinski definition) is 5. The van der Waals surface area contributed by atoms with E-state index in [1.807, 2.05) is 37.3 Å². The lowest BCUT2D eigenvalue weighted by Crippen LogP contribution is -2.01. The van der Waals surface area contributed by atoms with Crippen LogP contribution in [0.5, 0.6) is 11.5 Å². The molecule has 0 amide bonds. The molecular formula is C24H19ClN2O4. The lowest BCUT2D eigenvalue weighted by molar-refractivity contribution is -0.384. The van der Waals surface area contributed by atoms with Crippen molar-refractivity contribution >= 4 is 28.9 Å². The summed E-state index contributed by atoms with van der Waals surface area (Å²) in [5.41, 5.74) is 2.22. The van der Waals surface area contributed by atoms with E-state index >= 15 is 0 Å². The number of ether oxygens (including phenoxy) is 2. The molecule has 156 valence electrons. The number of nitro benzene ring substituents is 1. The molecule has 3 rings (SSSR count). The third-order valence-electron chi connectivity index (χ3n) is 4.36. The zero-order valence-corrected chi connectivity index (χ0v) is 17.5. The number of rotatable bonds is 8. The molecule has 0 bridgehead atoms. The summed E-state index contributed by atoms with van der Waals surface area (Å²) in [5.74, 6) is 0.867. The number of non-ortho nitro benzene ring substituents is 1. The van der Waals surface area contributed by atoms with Crippen LogP contribution in [0.3, 0.4) is 0 Å². The van der Waals surface area contributed by atoms with Crippen LogP contribution >= 0.6 is 11.6 Å². The second kappa shape index (κ2) is 10.3. The smallest absolute Gasteiger partial charge is 0.270 e. The van der Waals surface area contributed by atoms with E-state index in [1.165, 1.54) is 18.2 Å². The first kappa shape index (κ1) is 21.9. The first-order chi connectivity index (χ1) is 15.0. The van der Waals surface area contributed by atoms with Crippen LogP contribution in [-0.2, 0) is 6.61 Å². The summed E-state index contributed by atoms with van der Waals surface area (Å²) in [4.78, 5) is 10.5. The van der Waals surface area contributed by atoms with Gasteiger partial charge >= 0.3 is 0 Å². The molecule has 0 aliphatic carbocycles. The van der Waals surface area contributed by atoms with Crippen LogP contribution in [0.25, 0.3) is 11.6 Å². The molecule has 0 saturated heterocycles. The highest BCUT2D eigenvalue weighted by Gasteiger charge is 2.14. The summed E-state index contributed by atoms with van der Waals surface area (Å²) in [6.07, 6.45) is 1.61. The Labute approximate surface area is 185 Å². The molecule has 0 saturated carbocycles. The predicted octanol–water partition coefficient (Wildman–Crippen LogP) is 6.29. The monoisotopic (exact) mass is 434 g/mol. The molecule has 0 aliphatic rings. The van der Waals surface area contributed by atoms with E-state index in [-0.39, 0.29) is 11.3 Å². The van der Waals surface area contributed by atoms with E-state index in [2.05, 4.69) is 6.07 Å². The average molecular weight is 435 g/mol. The first-order valence-electron chi connectivity index (χ1n) is 9.51. The fourth-order valence-corrected chi connectivity index (χ4v) is 3.21. The van der Waals surface area contributed by atoms with Crippen molar-refractivity contribution < 1.29 is 14.4 Å². The Hall–Kier alpha value is -3.82. The van der Waals surface area contributed by atoms with E-state index in [0.717, 1.165) is 5.56 Å². The van der Waals surface area contributed by atoms with Crippen molar-refractivity contribution in [3.63, 3.8) is 0 Å². The molecule has 0 aliphatic heterocycles. The van der Waals surface area contributed by atoms with Crippen LogP contribution in [0.1, 0.15) is 23.6 Å². The molecule has 0 aromatic heterocycles. The quantitative estimate of drug-likeness (QED) is 0.180. The molecule has 7 heteroatoms. The second-order valence-electron chi connectivity index (χ2n) is 6.51. The number of nitrogens with zero attached hydrogens (tertiary/aromatic N) is 2. The van der Waals surface area contributed by atoms with Crippen LogP contribution in [0.4, 0.5) is 5.69 Å². The van der Waals surface area contributed by atoms with Crippen LogP contribution in [0.15, 0.2) is 66.7 Å². The Balaban J connectivity index is 1.94. The van der Waals surface area contributed by atoms with Crippen molar-refractivity contribution in [3.05, 3.63) is 98.6 Å². The van der Waals surface area contributed by atoms with Gasteiger partial charge in [0.05, 0.1) is 28.2 Å². The van der Waals surface area contributed by atoms with Crippen LogP contribution in [0, 0.1) is 21.4 Å². The van der Waals surface area contributed by atoms with Crippen molar-refractivity contribution in [2.75, 3.05) is 6.61 Å². The maximum absolute atomic E-state index is 11.0. The molecule has 3 aromatic carbocycles. The van der Waals surface area contributed by atoms with E-state index in [0.29, 0.717) is 40.9 Å². The van der Waals surface area contributed by atoms with Gasteiger partial charge in [0.15, 0.2) is 11.5 Å². The van der Waals surface area contributed by atoms with Crippen molar-refractivity contribution in [1.82, 2.24) is 0 Å². The Morgan fingerprint density at radius 2 is 1.90 bits per heavy atom. The highest BCUT2D eigenvalue weighted by Crippen LogP contribution is 2.38. The van der Waals surface area contributed by atoms with Gasteiger partial charge < -0.3 is 9.47 Å². The van der Waals surface area contributed by atoms with Crippen molar-refractivity contribution in [2.45, 2.75) is 13.5 Å². The standard InChI is InChI=1S/C24H19ClN2O4/c1-2-30-23-13-18(11-20(15-26)19-9-6-10-21(14-19)27(28)29)12-22(25)24(23)31-16-17-7-4-3-5-8-17/h3-14H,2,16H2,1H3. The number of halogens is 1. The zero-order valence-electron chi connectivity index (χ0n) is 16.7. The molecule has 0 heterocycles. The van der Waals surface area contributed by atoms with E-state index < -0.39 is 4.92 Å².